The van der Waals surface area contributed by atoms with E-state index in [0.717, 1.165) is 17.3 Å². The van der Waals surface area contributed by atoms with Crippen molar-refractivity contribution in [3.63, 3.8) is 0 Å². The van der Waals surface area contributed by atoms with E-state index < -0.39 is 12.0 Å². The summed E-state index contributed by atoms with van der Waals surface area (Å²) in [7, 11) is 0. The van der Waals surface area contributed by atoms with E-state index in [4.69, 9.17) is 9.84 Å². The van der Waals surface area contributed by atoms with Gasteiger partial charge < -0.3 is 15.2 Å². The number of ether oxygens (including phenoxy) is 1. The van der Waals surface area contributed by atoms with E-state index in [-0.39, 0.29) is 0 Å². The summed E-state index contributed by atoms with van der Waals surface area (Å²) in [5.41, 5.74) is 0.799. The second-order valence-corrected chi connectivity index (χ2v) is 4.81. The van der Waals surface area contributed by atoms with Crippen LogP contribution in [0.4, 0.5) is 0 Å². The maximum atomic E-state index is 11.1. The van der Waals surface area contributed by atoms with Crippen LogP contribution < -0.4 is 10.1 Å². The molecule has 1 aromatic heterocycles. The number of pyridine rings is 1. The Morgan fingerprint density at radius 3 is 2.95 bits per heavy atom. The molecule has 0 saturated carbocycles. The summed E-state index contributed by atoms with van der Waals surface area (Å²) in [6, 6.07) is 9.00. The van der Waals surface area contributed by atoms with Crippen molar-refractivity contribution in [3.05, 3.63) is 36.5 Å². The predicted octanol–water partition coefficient (Wildman–Crippen LogP) is 2.46. The first-order chi connectivity index (χ1) is 10.2. The van der Waals surface area contributed by atoms with Crippen LogP contribution in [-0.4, -0.2) is 35.3 Å². The number of carbonyl (C=O) groups is 1. The van der Waals surface area contributed by atoms with Gasteiger partial charge in [0, 0.05) is 18.0 Å². The SMILES string of the molecule is CCCNC(CCOc1cccc2cccnc12)C(=O)O. The number of nitrogens with one attached hydrogen (secondary N) is 1. The van der Waals surface area contributed by atoms with Crippen molar-refractivity contribution in [1.82, 2.24) is 10.3 Å². The van der Waals surface area contributed by atoms with Gasteiger partial charge in [0.05, 0.1) is 6.61 Å². The van der Waals surface area contributed by atoms with E-state index in [2.05, 4.69) is 10.3 Å². The van der Waals surface area contributed by atoms with Gasteiger partial charge in [-0.1, -0.05) is 25.1 Å². The van der Waals surface area contributed by atoms with E-state index in [0.29, 0.717) is 25.3 Å². The topological polar surface area (TPSA) is 71.5 Å². The first-order valence-corrected chi connectivity index (χ1v) is 7.15. The number of hydrogen-bond donors (Lipinski definition) is 2. The van der Waals surface area contributed by atoms with Gasteiger partial charge in [0.2, 0.25) is 0 Å². The number of hydrogen-bond acceptors (Lipinski definition) is 4. The zero-order chi connectivity index (χ0) is 15.1. The maximum absolute atomic E-state index is 11.1. The molecule has 0 aliphatic carbocycles. The van der Waals surface area contributed by atoms with Crippen LogP contribution in [0.25, 0.3) is 10.9 Å². The third kappa shape index (κ3) is 4.16. The van der Waals surface area contributed by atoms with Crippen molar-refractivity contribution in [2.75, 3.05) is 13.2 Å². The molecule has 0 aliphatic heterocycles. The molecule has 0 saturated heterocycles. The number of para-hydroxylation sites is 1. The Bertz CT molecular complexity index is 596. The minimum Gasteiger partial charge on any atom is -0.491 e. The highest BCUT2D eigenvalue weighted by Gasteiger charge is 2.16. The van der Waals surface area contributed by atoms with E-state index in [9.17, 15) is 4.79 Å². The minimum absolute atomic E-state index is 0.337. The van der Waals surface area contributed by atoms with Gasteiger partial charge in [-0.3, -0.25) is 9.78 Å². The molecule has 2 N–H and O–H groups in total. The minimum atomic E-state index is -0.844. The number of carboxylic acids is 1. The zero-order valence-corrected chi connectivity index (χ0v) is 12.1. The summed E-state index contributed by atoms with van der Waals surface area (Å²) in [5, 5.41) is 13.1. The monoisotopic (exact) mass is 288 g/mol. The van der Waals surface area contributed by atoms with Crippen LogP contribution in [0, 0.1) is 0 Å². The second-order valence-electron chi connectivity index (χ2n) is 4.81. The lowest BCUT2D eigenvalue weighted by molar-refractivity contribution is -0.139. The van der Waals surface area contributed by atoms with Gasteiger partial charge in [-0.15, -0.1) is 0 Å². The largest absolute Gasteiger partial charge is 0.491 e. The highest BCUT2D eigenvalue weighted by Crippen LogP contribution is 2.23. The van der Waals surface area contributed by atoms with Crippen LogP contribution in [0.2, 0.25) is 0 Å². The third-order valence-corrected chi connectivity index (χ3v) is 3.20. The predicted molar refractivity (Wildman–Crippen MR) is 81.6 cm³/mol. The third-order valence-electron chi connectivity index (χ3n) is 3.20. The molecule has 21 heavy (non-hydrogen) atoms. The van der Waals surface area contributed by atoms with Crippen molar-refractivity contribution in [3.8, 4) is 5.75 Å². The molecule has 5 heteroatoms. The molecule has 0 bridgehead atoms. The Morgan fingerprint density at radius 1 is 1.38 bits per heavy atom. The lowest BCUT2D eigenvalue weighted by Gasteiger charge is -2.14. The fourth-order valence-electron chi connectivity index (χ4n) is 2.11. The van der Waals surface area contributed by atoms with Crippen LogP contribution in [-0.2, 0) is 4.79 Å². The maximum Gasteiger partial charge on any atom is 0.320 e. The van der Waals surface area contributed by atoms with Crippen LogP contribution in [0.3, 0.4) is 0 Å². The lowest BCUT2D eigenvalue weighted by atomic mass is 10.2. The van der Waals surface area contributed by atoms with Crippen LogP contribution in [0.15, 0.2) is 36.5 Å². The number of carboxylic acid groups (broad SMARTS) is 1. The number of rotatable bonds is 8. The Balaban J connectivity index is 1.96. The molecule has 0 amide bonds. The number of aromatic nitrogens is 1. The summed E-state index contributed by atoms with van der Waals surface area (Å²) in [5.74, 6) is -0.157. The Hall–Kier alpha value is -2.14. The van der Waals surface area contributed by atoms with Gasteiger partial charge in [-0.2, -0.15) is 0 Å². The van der Waals surface area contributed by atoms with Gasteiger partial charge in [0.15, 0.2) is 0 Å². The van der Waals surface area contributed by atoms with Crippen LogP contribution in [0.5, 0.6) is 5.75 Å². The molecule has 1 heterocycles. The molecule has 1 unspecified atom stereocenters. The average Bonchev–Trinajstić information content (AvgIpc) is 2.50. The molecule has 0 spiro atoms. The molecule has 5 nitrogen and oxygen atoms in total. The van der Waals surface area contributed by atoms with E-state index >= 15 is 0 Å². The quantitative estimate of drug-likeness (QED) is 0.780. The van der Waals surface area contributed by atoms with Crippen molar-refractivity contribution in [2.24, 2.45) is 0 Å². The molecule has 2 aromatic rings. The summed E-state index contributed by atoms with van der Waals surface area (Å²) < 4.78 is 5.71. The fraction of sp³-hybridized carbons (Fsp3) is 0.375. The summed E-state index contributed by atoms with van der Waals surface area (Å²) in [6.07, 6.45) is 3.04. The Kier molecular flexibility index (Phi) is 5.51. The van der Waals surface area contributed by atoms with E-state index in [1.54, 1.807) is 6.20 Å². The van der Waals surface area contributed by atoms with Crippen molar-refractivity contribution < 1.29 is 14.6 Å². The molecular weight excluding hydrogens is 268 g/mol. The van der Waals surface area contributed by atoms with Gasteiger partial charge in [-0.05, 0) is 25.1 Å². The molecule has 0 fully saturated rings. The highest BCUT2D eigenvalue weighted by molar-refractivity contribution is 5.84. The van der Waals surface area contributed by atoms with Crippen molar-refractivity contribution in [2.45, 2.75) is 25.8 Å². The van der Waals surface area contributed by atoms with Crippen molar-refractivity contribution >= 4 is 16.9 Å². The van der Waals surface area contributed by atoms with Crippen molar-refractivity contribution in [1.29, 1.82) is 0 Å². The average molecular weight is 288 g/mol. The Morgan fingerprint density at radius 2 is 2.19 bits per heavy atom. The zero-order valence-electron chi connectivity index (χ0n) is 12.1. The first-order valence-electron chi connectivity index (χ1n) is 7.15. The van der Waals surface area contributed by atoms with Gasteiger partial charge in [0.1, 0.15) is 17.3 Å². The van der Waals surface area contributed by atoms with Crippen LogP contribution >= 0.6 is 0 Å². The number of aliphatic carboxylic acids is 1. The normalized spacial score (nSPS) is 12.2. The number of nitrogens with zero attached hydrogens (tertiary/aromatic N) is 1. The molecular formula is C16H20N2O3. The molecule has 2 rings (SSSR count). The lowest BCUT2D eigenvalue weighted by Crippen LogP contribution is -2.38. The molecule has 1 atom stereocenters. The first kappa shape index (κ1) is 15.3. The summed E-state index contributed by atoms with van der Waals surface area (Å²) >= 11 is 0. The smallest absolute Gasteiger partial charge is 0.320 e. The molecule has 1 aromatic carbocycles. The van der Waals surface area contributed by atoms with E-state index in [1.807, 2.05) is 37.3 Å². The van der Waals surface area contributed by atoms with Gasteiger partial charge in [0.25, 0.3) is 0 Å². The number of fused-ring (bicyclic) bond motifs is 1. The standard InChI is InChI=1S/C16H20N2O3/c1-2-9-17-13(16(19)20)8-11-21-14-7-3-5-12-6-4-10-18-15(12)14/h3-7,10,13,17H,2,8-9,11H2,1H3,(H,19,20). The molecule has 0 aliphatic rings. The summed E-state index contributed by atoms with van der Waals surface area (Å²) in [4.78, 5) is 15.4. The second kappa shape index (κ2) is 7.59. The summed E-state index contributed by atoms with van der Waals surface area (Å²) in [6.45, 7) is 3.03. The van der Waals surface area contributed by atoms with Gasteiger partial charge in [-0.25, -0.2) is 0 Å². The van der Waals surface area contributed by atoms with E-state index in [1.165, 1.54) is 0 Å². The molecule has 0 radical (unpaired) electrons. The fourth-order valence-corrected chi connectivity index (χ4v) is 2.11. The highest BCUT2D eigenvalue weighted by atomic mass is 16.5. The molecule has 112 valence electrons. The van der Waals surface area contributed by atoms with Crippen LogP contribution in [0.1, 0.15) is 19.8 Å². The number of benzene rings is 1. The Labute approximate surface area is 124 Å². The van der Waals surface area contributed by atoms with Gasteiger partial charge >= 0.3 is 5.97 Å².